The molecule has 0 fully saturated rings. The highest BCUT2D eigenvalue weighted by molar-refractivity contribution is 5.54. The van der Waals surface area contributed by atoms with E-state index < -0.39 is 0 Å². The second-order valence-electron chi connectivity index (χ2n) is 4.48. The van der Waals surface area contributed by atoms with Crippen molar-refractivity contribution >= 4 is 0 Å². The van der Waals surface area contributed by atoms with Gasteiger partial charge in [0, 0.05) is 5.56 Å². The average Bonchev–Trinajstić information content (AvgIpc) is 2.97. The Morgan fingerprint density at radius 1 is 1.05 bits per heavy atom. The Bertz CT molecular complexity index is 784. The quantitative estimate of drug-likeness (QED) is 0.738. The summed E-state index contributed by atoms with van der Waals surface area (Å²) in [6.45, 7) is 0.478. The van der Waals surface area contributed by atoms with Gasteiger partial charge in [0.2, 0.25) is 0 Å². The maximum Gasteiger partial charge on any atom is 0.182 e. The molecule has 6 heteroatoms. The third kappa shape index (κ3) is 2.77. The van der Waals surface area contributed by atoms with Crippen LogP contribution in [0.5, 0.6) is 0 Å². The van der Waals surface area contributed by atoms with Crippen LogP contribution in [0.4, 0.5) is 4.39 Å². The van der Waals surface area contributed by atoms with E-state index >= 15 is 0 Å². The zero-order chi connectivity index (χ0) is 14.7. The van der Waals surface area contributed by atoms with Crippen LogP contribution in [0.15, 0.2) is 48.5 Å². The normalized spacial score (nSPS) is 10.3. The lowest BCUT2D eigenvalue weighted by molar-refractivity contribution is 0.627. The van der Waals surface area contributed by atoms with Crippen molar-refractivity contribution in [3.8, 4) is 17.5 Å². The Morgan fingerprint density at radius 3 is 2.43 bits per heavy atom. The van der Waals surface area contributed by atoms with Gasteiger partial charge in [-0.1, -0.05) is 12.1 Å². The molecule has 1 aromatic heterocycles. The van der Waals surface area contributed by atoms with Crippen LogP contribution >= 0.6 is 0 Å². The highest BCUT2D eigenvalue weighted by atomic mass is 19.1. The van der Waals surface area contributed by atoms with Crippen molar-refractivity contribution in [3.63, 3.8) is 0 Å². The monoisotopic (exact) mass is 279 g/mol. The minimum absolute atomic E-state index is 0.301. The van der Waals surface area contributed by atoms with Crippen molar-refractivity contribution in [2.45, 2.75) is 6.54 Å². The van der Waals surface area contributed by atoms with Crippen LogP contribution in [0.2, 0.25) is 0 Å². The summed E-state index contributed by atoms with van der Waals surface area (Å²) in [7, 11) is 0. The predicted octanol–water partition coefficient (Wildman–Crippen LogP) is 2.40. The van der Waals surface area contributed by atoms with Crippen LogP contribution in [-0.4, -0.2) is 20.2 Å². The first-order valence-electron chi connectivity index (χ1n) is 6.27. The Hall–Kier alpha value is -3.07. The van der Waals surface area contributed by atoms with E-state index in [1.807, 2.05) is 12.1 Å². The van der Waals surface area contributed by atoms with Gasteiger partial charge >= 0.3 is 0 Å². The molecule has 3 rings (SSSR count). The number of hydrogen-bond donors (Lipinski definition) is 0. The van der Waals surface area contributed by atoms with E-state index in [1.165, 1.54) is 12.1 Å². The molecule has 5 nitrogen and oxygen atoms in total. The number of halogens is 1. The number of hydrogen-bond acceptors (Lipinski definition) is 4. The van der Waals surface area contributed by atoms with E-state index in [9.17, 15) is 4.39 Å². The summed E-state index contributed by atoms with van der Waals surface area (Å²) in [5.74, 6) is 0.268. The third-order valence-corrected chi connectivity index (χ3v) is 3.05. The summed E-state index contributed by atoms with van der Waals surface area (Å²) in [4.78, 5) is 0. The zero-order valence-corrected chi connectivity index (χ0v) is 10.9. The number of aromatic nitrogens is 4. The maximum atomic E-state index is 13.0. The maximum absolute atomic E-state index is 13.0. The topological polar surface area (TPSA) is 67.4 Å². The van der Waals surface area contributed by atoms with Gasteiger partial charge in [0.05, 0.1) is 18.2 Å². The van der Waals surface area contributed by atoms with Crippen LogP contribution in [0.1, 0.15) is 11.1 Å². The van der Waals surface area contributed by atoms with E-state index in [0.717, 1.165) is 11.1 Å². The van der Waals surface area contributed by atoms with Gasteiger partial charge in [0.25, 0.3) is 0 Å². The Kier molecular flexibility index (Phi) is 3.39. The van der Waals surface area contributed by atoms with E-state index in [4.69, 9.17) is 5.26 Å². The Labute approximate surface area is 120 Å². The molecule has 0 N–H and O–H groups in total. The largest absolute Gasteiger partial charge is 0.221 e. The third-order valence-electron chi connectivity index (χ3n) is 3.05. The molecular formula is C15H10FN5. The molecule has 1 heterocycles. The first-order valence-corrected chi connectivity index (χ1v) is 6.27. The van der Waals surface area contributed by atoms with E-state index in [0.29, 0.717) is 17.9 Å². The number of tetrazole rings is 1. The highest BCUT2D eigenvalue weighted by Crippen LogP contribution is 2.17. The van der Waals surface area contributed by atoms with Gasteiger partial charge in [0.15, 0.2) is 5.82 Å². The minimum atomic E-state index is -0.301. The molecule has 0 bridgehead atoms. The molecule has 0 aliphatic heterocycles. The molecule has 0 saturated heterocycles. The Balaban J connectivity index is 1.88. The van der Waals surface area contributed by atoms with Crippen LogP contribution in [0, 0.1) is 17.1 Å². The zero-order valence-electron chi connectivity index (χ0n) is 10.9. The molecule has 0 amide bonds. The second kappa shape index (κ2) is 5.51. The molecule has 0 aliphatic rings. The van der Waals surface area contributed by atoms with Crippen molar-refractivity contribution in [1.29, 1.82) is 5.26 Å². The number of benzene rings is 2. The van der Waals surface area contributed by atoms with Gasteiger partial charge in [-0.15, -0.1) is 5.10 Å². The molecule has 3 aromatic rings. The van der Waals surface area contributed by atoms with Crippen molar-refractivity contribution in [2.75, 3.05) is 0 Å². The molecule has 0 radical (unpaired) electrons. The molecule has 0 unspecified atom stereocenters. The first-order chi connectivity index (χ1) is 10.3. The molecule has 0 atom stereocenters. The number of nitriles is 1. The fraction of sp³-hybridized carbons (Fsp3) is 0.0667. The van der Waals surface area contributed by atoms with E-state index in [-0.39, 0.29) is 5.82 Å². The summed E-state index contributed by atoms with van der Waals surface area (Å²) in [6.07, 6.45) is 0. The lowest BCUT2D eigenvalue weighted by atomic mass is 10.1. The lowest BCUT2D eigenvalue weighted by Crippen LogP contribution is -2.04. The van der Waals surface area contributed by atoms with Gasteiger partial charge in [-0.2, -0.15) is 5.26 Å². The van der Waals surface area contributed by atoms with Crippen LogP contribution in [0.3, 0.4) is 0 Å². The molecule has 102 valence electrons. The summed E-state index contributed by atoms with van der Waals surface area (Å²) in [5.41, 5.74) is 2.33. The van der Waals surface area contributed by atoms with Gasteiger partial charge < -0.3 is 0 Å². The SMILES string of the molecule is N#Cc1ccc(Cn2nnnc2-c2ccc(F)cc2)cc1. The fourth-order valence-electron chi connectivity index (χ4n) is 1.97. The molecule has 0 spiro atoms. The predicted molar refractivity (Wildman–Crippen MR) is 73.5 cm³/mol. The van der Waals surface area contributed by atoms with Gasteiger partial charge in [0.1, 0.15) is 5.82 Å². The van der Waals surface area contributed by atoms with Crippen LogP contribution in [0.25, 0.3) is 11.4 Å². The van der Waals surface area contributed by atoms with Crippen molar-refractivity contribution in [3.05, 3.63) is 65.5 Å². The van der Waals surface area contributed by atoms with Gasteiger partial charge in [-0.3, -0.25) is 0 Å². The van der Waals surface area contributed by atoms with Gasteiger partial charge in [-0.05, 0) is 52.4 Å². The van der Waals surface area contributed by atoms with Crippen molar-refractivity contribution in [2.24, 2.45) is 0 Å². The molecular weight excluding hydrogens is 269 g/mol. The smallest absolute Gasteiger partial charge is 0.182 e. The minimum Gasteiger partial charge on any atom is -0.221 e. The molecule has 0 aliphatic carbocycles. The van der Waals surface area contributed by atoms with Crippen molar-refractivity contribution in [1.82, 2.24) is 20.2 Å². The van der Waals surface area contributed by atoms with Gasteiger partial charge in [-0.25, -0.2) is 9.07 Å². The first kappa shape index (κ1) is 12.9. The molecule has 21 heavy (non-hydrogen) atoms. The van der Waals surface area contributed by atoms with Crippen LogP contribution in [-0.2, 0) is 6.54 Å². The second-order valence-corrected chi connectivity index (χ2v) is 4.48. The van der Waals surface area contributed by atoms with E-state index in [2.05, 4.69) is 21.6 Å². The summed E-state index contributed by atoms with van der Waals surface area (Å²) in [6, 6.07) is 15.3. The summed E-state index contributed by atoms with van der Waals surface area (Å²) in [5, 5.41) is 20.4. The summed E-state index contributed by atoms with van der Waals surface area (Å²) >= 11 is 0. The molecule has 2 aromatic carbocycles. The average molecular weight is 279 g/mol. The highest BCUT2D eigenvalue weighted by Gasteiger charge is 2.09. The Morgan fingerprint density at radius 2 is 1.76 bits per heavy atom. The fourth-order valence-corrected chi connectivity index (χ4v) is 1.97. The molecule has 0 saturated carbocycles. The number of rotatable bonds is 3. The summed E-state index contributed by atoms with van der Waals surface area (Å²) < 4.78 is 14.6. The standard InChI is InChI=1S/C15H10FN5/c16-14-7-5-13(6-8-14)15-18-19-20-21(15)10-12-3-1-11(9-17)2-4-12/h1-8H,10H2. The van der Waals surface area contributed by atoms with E-state index in [1.54, 1.807) is 28.9 Å². The van der Waals surface area contributed by atoms with Crippen molar-refractivity contribution < 1.29 is 4.39 Å². The number of nitrogens with zero attached hydrogens (tertiary/aromatic N) is 5. The lowest BCUT2D eigenvalue weighted by Gasteiger charge is -2.05. The van der Waals surface area contributed by atoms with Crippen LogP contribution < -0.4 is 0 Å².